The average Bonchev–Trinajstić information content (AvgIpc) is 3.55. The molecule has 0 amide bonds. The number of hydrogen-bond acceptors (Lipinski definition) is 6. The highest BCUT2D eigenvalue weighted by Gasteiger charge is 2.37. The second-order valence-corrected chi connectivity index (χ2v) is 19.0. The van der Waals surface area contributed by atoms with E-state index in [1.54, 1.807) is 6.92 Å². The molecule has 55 heavy (non-hydrogen) atoms. The molecule has 1 aliphatic rings. The molecule has 4 atom stereocenters. The smallest absolute Gasteiger partial charge is 0.311 e. The van der Waals surface area contributed by atoms with Gasteiger partial charge in [-0.3, -0.25) is 19.3 Å². The molecule has 1 aliphatic heterocycles. The lowest BCUT2D eigenvalue weighted by molar-refractivity contribution is -0.161. The second kappa shape index (κ2) is 30.8. The molecule has 0 N–H and O–H groups in total. The summed E-state index contributed by atoms with van der Waals surface area (Å²) in [6.07, 6.45) is 30.4. The van der Waals surface area contributed by atoms with E-state index in [1.807, 2.05) is 0 Å². The van der Waals surface area contributed by atoms with Crippen LogP contribution in [0.15, 0.2) is 0 Å². The Balaban J connectivity index is 2.50. The molecule has 0 saturated carbocycles. The Bertz CT molecular complexity index is 992. The third-order valence-electron chi connectivity index (χ3n) is 13.0. The van der Waals surface area contributed by atoms with Gasteiger partial charge in [0.15, 0.2) is 0 Å². The van der Waals surface area contributed by atoms with Crippen molar-refractivity contribution in [2.24, 2.45) is 22.7 Å². The summed E-state index contributed by atoms with van der Waals surface area (Å²) in [6.45, 7) is 22.5. The molecular formula is C49H93NO5. The number of unbranched alkanes of at least 4 members (excludes halogenated alkanes) is 16. The first-order chi connectivity index (χ1) is 26.3. The number of esters is 1. The van der Waals surface area contributed by atoms with Crippen LogP contribution < -0.4 is 0 Å². The van der Waals surface area contributed by atoms with Gasteiger partial charge in [-0.1, -0.05) is 144 Å². The lowest BCUT2D eigenvalue weighted by atomic mass is 9.83. The van der Waals surface area contributed by atoms with Crippen LogP contribution in [0.25, 0.3) is 0 Å². The SMILES string of the molecule is CCCCCCCCC(CCCCCC)OC(=O)C(C)(C)CCCCCCOC[C@@H]1C[C@H](C(C)C(=O)CCCCC)CN1CCCCCCC(C)(C)C(C)=O. The van der Waals surface area contributed by atoms with Crippen LogP contribution in [0.3, 0.4) is 0 Å². The van der Waals surface area contributed by atoms with Crippen molar-refractivity contribution in [2.75, 3.05) is 26.3 Å². The molecule has 0 spiro atoms. The topological polar surface area (TPSA) is 72.9 Å². The minimum absolute atomic E-state index is 0.00404. The standard InChI is InChI=1S/C49H93NO5/c1-10-13-16-18-19-26-32-45(31-25-17-14-11-2)55-47(53)49(8,9)35-28-21-23-30-37-54-40-44-38-43(41(4)46(52)33-24-15-12-3)39-50(44)36-29-22-20-27-34-48(6,7)42(5)51/h41,43-45H,10-40H2,1-9H3/t41?,43-,44-,45?/m0/s1. The summed E-state index contributed by atoms with van der Waals surface area (Å²) in [6, 6.07) is 0.385. The summed E-state index contributed by atoms with van der Waals surface area (Å²) in [5.41, 5.74) is -0.653. The Morgan fingerprint density at radius 2 is 1.16 bits per heavy atom. The predicted octanol–water partition coefficient (Wildman–Crippen LogP) is 13.7. The zero-order valence-corrected chi connectivity index (χ0v) is 38.2. The van der Waals surface area contributed by atoms with E-state index in [0.29, 0.717) is 17.7 Å². The molecule has 6 nitrogen and oxygen atoms in total. The number of likely N-dealkylation sites (tertiary alicyclic amines) is 1. The number of Topliss-reactive ketones (excluding diaryl/α,β-unsaturated/α-hetero) is 2. The van der Waals surface area contributed by atoms with Crippen LogP contribution in [-0.2, 0) is 23.9 Å². The van der Waals surface area contributed by atoms with Crippen molar-refractivity contribution in [1.82, 2.24) is 4.90 Å². The summed E-state index contributed by atoms with van der Waals surface area (Å²) in [7, 11) is 0. The van der Waals surface area contributed by atoms with Crippen molar-refractivity contribution in [3.8, 4) is 0 Å². The van der Waals surface area contributed by atoms with Crippen LogP contribution in [0.4, 0.5) is 0 Å². The zero-order chi connectivity index (χ0) is 41.0. The van der Waals surface area contributed by atoms with Gasteiger partial charge in [-0.15, -0.1) is 0 Å². The zero-order valence-electron chi connectivity index (χ0n) is 38.2. The molecule has 1 saturated heterocycles. The summed E-state index contributed by atoms with van der Waals surface area (Å²) < 4.78 is 12.5. The molecule has 0 aliphatic carbocycles. The van der Waals surface area contributed by atoms with Gasteiger partial charge in [0.1, 0.15) is 17.7 Å². The van der Waals surface area contributed by atoms with E-state index >= 15 is 0 Å². The van der Waals surface area contributed by atoms with Crippen LogP contribution >= 0.6 is 0 Å². The summed E-state index contributed by atoms with van der Waals surface area (Å²) in [5.74, 6) is 1.27. The van der Waals surface area contributed by atoms with Crippen molar-refractivity contribution in [2.45, 2.75) is 248 Å². The molecule has 0 bridgehead atoms. The van der Waals surface area contributed by atoms with Crippen molar-refractivity contribution >= 4 is 17.5 Å². The minimum Gasteiger partial charge on any atom is -0.462 e. The summed E-state index contributed by atoms with van der Waals surface area (Å²) in [5, 5.41) is 0. The molecule has 0 aromatic heterocycles. The number of rotatable bonds is 37. The second-order valence-electron chi connectivity index (χ2n) is 19.0. The summed E-state index contributed by atoms with van der Waals surface area (Å²) >= 11 is 0. The van der Waals surface area contributed by atoms with Gasteiger partial charge in [0.25, 0.3) is 0 Å². The van der Waals surface area contributed by atoms with Crippen LogP contribution in [0.5, 0.6) is 0 Å². The highest BCUT2D eigenvalue weighted by Crippen LogP contribution is 2.32. The largest absolute Gasteiger partial charge is 0.462 e. The Kier molecular flexibility index (Phi) is 28.9. The van der Waals surface area contributed by atoms with Gasteiger partial charge in [-0.25, -0.2) is 0 Å². The quantitative estimate of drug-likeness (QED) is 0.0462. The fourth-order valence-electron chi connectivity index (χ4n) is 8.25. The van der Waals surface area contributed by atoms with Crippen LogP contribution in [0.2, 0.25) is 0 Å². The molecule has 324 valence electrons. The molecule has 1 fully saturated rings. The van der Waals surface area contributed by atoms with E-state index in [0.717, 1.165) is 135 Å². The first kappa shape index (κ1) is 51.7. The Morgan fingerprint density at radius 1 is 0.655 bits per heavy atom. The molecule has 2 unspecified atom stereocenters. The number of carbonyl (C=O) groups excluding carboxylic acids is 3. The van der Waals surface area contributed by atoms with Crippen LogP contribution in [0.1, 0.15) is 236 Å². The van der Waals surface area contributed by atoms with Crippen molar-refractivity contribution in [3.05, 3.63) is 0 Å². The highest BCUT2D eigenvalue weighted by atomic mass is 16.5. The van der Waals surface area contributed by atoms with Gasteiger partial charge in [0.2, 0.25) is 0 Å². The van der Waals surface area contributed by atoms with Gasteiger partial charge in [0, 0.05) is 36.9 Å². The number of hydrogen-bond donors (Lipinski definition) is 0. The normalized spacial score (nSPS) is 17.8. The van der Waals surface area contributed by atoms with Gasteiger partial charge < -0.3 is 9.47 Å². The number of ketones is 2. The molecule has 0 aromatic carbocycles. The molecule has 6 heteroatoms. The third kappa shape index (κ3) is 23.7. The summed E-state index contributed by atoms with van der Waals surface area (Å²) in [4.78, 5) is 40.9. The van der Waals surface area contributed by atoms with Gasteiger partial charge in [-0.05, 0) is 97.4 Å². The van der Waals surface area contributed by atoms with E-state index in [-0.39, 0.29) is 29.2 Å². The molecule has 1 heterocycles. The van der Waals surface area contributed by atoms with Gasteiger partial charge in [0.05, 0.1) is 12.0 Å². The maximum atomic E-state index is 13.4. The maximum Gasteiger partial charge on any atom is 0.311 e. The number of carbonyl (C=O) groups is 3. The van der Waals surface area contributed by atoms with Gasteiger partial charge in [-0.2, -0.15) is 0 Å². The van der Waals surface area contributed by atoms with E-state index in [2.05, 4.69) is 60.3 Å². The highest BCUT2D eigenvalue weighted by molar-refractivity contribution is 5.81. The van der Waals surface area contributed by atoms with Crippen molar-refractivity contribution in [1.29, 1.82) is 0 Å². The molecule has 0 aromatic rings. The van der Waals surface area contributed by atoms with Gasteiger partial charge >= 0.3 is 5.97 Å². The predicted molar refractivity (Wildman–Crippen MR) is 234 cm³/mol. The molecular weight excluding hydrogens is 683 g/mol. The number of ether oxygens (including phenoxy) is 2. The third-order valence-corrected chi connectivity index (χ3v) is 13.0. The Hall–Kier alpha value is -1.27. The first-order valence-electron chi connectivity index (χ1n) is 23.9. The van der Waals surface area contributed by atoms with Crippen molar-refractivity contribution < 1.29 is 23.9 Å². The van der Waals surface area contributed by atoms with E-state index in [1.165, 1.54) is 64.2 Å². The van der Waals surface area contributed by atoms with Crippen LogP contribution in [-0.4, -0.2) is 60.9 Å². The lowest BCUT2D eigenvalue weighted by Crippen LogP contribution is -2.34. The van der Waals surface area contributed by atoms with Crippen molar-refractivity contribution in [3.63, 3.8) is 0 Å². The number of nitrogens with zero attached hydrogens (tertiary/aromatic N) is 1. The molecule has 0 radical (unpaired) electrons. The minimum atomic E-state index is -0.443. The Labute approximate surface area is 342 Å². The fourth-order valence-corrected chi connectivity index (χ4v) is 8.25. The lowest BCUT2D eigenvalue weighted by Gasteiger charge is -2.27. The molecule has 1 rings (SSSR count). The monoisotopic (exact) mass is 776 g/mol. The van der Waals surface area contributed by atoms with E-state index in [9.17, 15) is 14.4 Å². The average molecular weight is 776 g/mol. The fraction of sp³-hybridized carbons (Fsp3) is 0.939. The first-order valence-corrected chi connectivity index (χ1v) is 23.9. The maximum absolute atomic E-state index is 13.4. The van der Waals surface area contributed by atoms with E-state index < -0.39 is 5.41 Å². The van der Waals surface area contributed by atoms with Crippen LogP contribution in [0, 0.1) is 22.7 Å². The van der Waals surface area contributed by atoms with E-state index in [4.69, 9.17) is 9.47 Å². The Morgan fingerprint density at radius 3 is 1.78 bits per heavy atom.